The summed E-state index contributed by atoms with van der Waals surface area (Å²) in [5.41, 5.74) is 11.7. The van der Waals surface area contributed by atoms with Crippen LogP contribution in [0.4, 0.5) is 17.1 Å². The predicted molar refractivity (Wildman–Crippen MR) is 178 cm³/mol. The maximum absolute atomic E-state index is 6.56. The molecule has 0 unspecified atom stereocenters. The van der Waals surface area contributed by atoms with E-state index in [1.165, 1.54) is 38.6 Å². The van der Waals surface area contributed by atoms with Gasteiger partial charge in [-0.3, -0.25) is 0 Å². The fourth-order valence-electron chi connectivity index (χ4n) is 7.07. The Morgan fingerprint density at radius 2 is 1.31 bits per heavy atom. The molecular formula is C40H33NO. The molecule has 1 aliphatic rings. The molecular weight excluding hydrogens is 510 g/mol. The van der Waals surface area contributed by atoms with Gasteiger partial charge in [0.1, 0.15) is 5.58 Å². The lowest BCUT2D eigenvalue weighted by molar-refractivity contribution is 0.666. The summed E-state index contributed by atoms with van der Waals surface area (Å²) in [6, 6.07) is 44.2. The number of nitrogens with zero attached hydrogens (tertiary/aromatic N) is 1. The Morgan fingerprint density at radius 3 is 2.12 bits per heavy atom. The van der Waals surface area contributed by atoms with Gasteiger partial charge in [-0.1, -0.05) is 113 Å². The molecule has 8 rings (SSSR count). The molecule has 0 N–H and O–H groups in total. The molecule has 0 spiro atoms. The standard InChI is InChI=1S/C40H33NO/c1-25(2)26-16-19-28(20-17-26)41(36-14-9-13-34-32-12-7-8-15-37(32)42-39(34)36)29-21-23-31-33-22-18-27-10-5-6-11-30(27)38(33)40(3,4)35(31)24-29/h5-25H,1-4H3. The average molecular weight is 544 g/mol. The van der Waals surface area contributed by atoms with Crippen molar-refractivity contribution in [3.8, 4) is 11.1 Å². The lowest BCUT2D eigenvalue weighted by atomic mass is 9.80. The molecule has 42 heavy (non-hydrogen) atoms. The number of hydrogen-bond donors (Lipinski definition) is 0. The van der Waals surface area contributed by atoms with Crippen molar-refractivity contribution in [1.29, 1.82) is 0 Å². The van der Waals surface area contributed by atoms with Crippen molar-refractivity contribution in [2.45, 2.75) is 39.0 Å². The van der Waals surface area contributed by atoms with Crippen LogP contribution in [0.5, 0.6) is 0 Å². The predicted octanol–water partition coefficient (Wildman–Crippen LogP) is 11.6. The quantitative estimate of drug-likeness (QED) is 0.219. The van der Waals surface area contributed by atoms with E-state index in [9.17, 15) is 0 Å². The number of anilines is 3. The highest BCUT2D eigenvalue weighted by atomic mass is 16.3. The molecule has 1 aliphatic carbocycles. The molecule has 0 bridgehead atoms. The Labute approximate surface area is 246 Å². The van der Waals surface area contributed by atoms with E-state index in [-0.39, 0.29) is 5.41 Å². The molecule has 204 valence electrons. The second kappa shape index (κ2) is 9.09. The first-order chi connectivity index (χ1) is 20.4. The number of hydrogen-bond acceptors (Lipinski definition) is 2. The maximum atomic E-state index is 6.56. The van der Waals surface area contributed by atoms with E-state index in [0.717, 1.165) is 39.0 Å². The molecule has 0 saturated heterocycles. The zero-order chi connectivity index (χ0) is 28.6. The molecule has 1 heterocycles. The second-order valence-electron chi connectivity index (χ2n) is 12.4. The zero-order valence-electron chi connectivity index (χ0n) is 24.5. The van der Waals surface area contributed by atoms with E-state index in [1.54, 1.807) is 0 Å². The maximum Gasteiger partial charge on any atom is 0.159 e. The van der Waals surface area contributed by atoms with Gasteiger partial charge in [-0.25, -0.2) is 0 Å². The smallest absolute Gasteiger partial charge is 0.159 e. The van der Waals surface area contributed by atoms with Crippen LogP contribution in [0.15, 0.2) is 126 Å². The van der Waals surface area contributed by atoms with Crippen LogP contribution in [-0.4, -0.2) is 0 Å². The van der Waals surface area contributed by atoms with Crippen molar-refractivity contribution in [2.24, 2.45) is 0 Å². The van der Waals surface area contributed by atoms with E-state index in [0.29, 0.717) is 5.92 Å². The van der Waals surface area contributed by atoms with Gasteiger partial charge >= 0.3 is 0 Å². The van der Waals surface area contributed by atoms with Crippen LogP contribution in [0.3, 0.4) is 0 Å². The van der Waals surface area contributed by atoms with Crippen molar-refractivity contribution in [3.05, 3.63) is 138 Å². The lowest BCUT2D eigenvalue weighted by Crippen LogP contribution is -2.17. The lowest BCUT2D eigenvalue weighted by Gasteiger charge is -2.28. The number of fused-ring (bicyclic) bond motifs is 8. The summed E-state index contributed by atoms with van der Waals surface area (Å²) < 4.78 is 6.56. The van der Waals surface area contributed by atoms with Gasteiger partial charge in [0.15, 0.2) is 5.58 Å². The normalized spacial score (nSPS) is 13.6. The van der Waals surface area contributed by atoms with Gasteiger partial charge < -0.3 is 9.32 Å². The van der Waals surface area contributed by atoms with Gasteiger partial charge in [0.2, 0.25) is 0 Å². The summed E-state index contributed by atoms with van der Waals surface area (Å²) >= 11 is 0. The molecule has 0 amide bonds. The van der Waals surface area contributed by atoms with Crippen LogP contribution in [0.1, 0.15) is 50.3 Å². The summed E-state index contributed by atoms with van der Waals surface area (Å²) in [7, 11) is 0. The van der Waals surface area contributed by atoms with Crippen LogP contribution in [0.2, 0.25) is 0 Å². The minimum Gasteiger partial charge on any atom is -0.454 e. The van der Waals surface area contributed by atoms with Crippen molar-refractivity contribution in [1.82, 2.24) is 0 Å². The highest BCUT2D eigenvalue weighted by Gasteiger charge is 2.37. The summed E-state index contributed by atoms with van der Waals surface area (Å²) in [6.07, 6.45) is 0. The molecule has 0 radical (unpaired) electrons. The number of benzene rings is 6. The largest absolute Gasteiger partial charge is 0.454 e. The van der Waals surface area contributed by atoms with Gasteiger partial charge in [-0.15, -0.1) is 0 Å². The fraction of sp³-hybridized carbons (Fsp3) is 0.150. The van der Waals surface area contributed by atoms with Gasteiger partial charge in [-0.2, -0.15) is 0 Å². The first-order valence-corrected chi connectivity index (χ1v) is 14.9. The van der Waals surface area contributed by atoms with Crippen LogP contribution < -0.4 is 4.90 Å². The van der Waals surface area contributed by atoms with E-state index in [1.807, 2.05) is 6.07 Å². The third-order valence-electron chi connectivity index (χ3n) is 9.22. The first-order valence-electron chi connectivity index (χ1n) is 14.9. The third-order valence-corrected chi connectivity index (χ3v) is 9.22. The number of furan rings is 1. The Morgan fingerprint density at radius 1 is 0.619 bits per heavy atom. The van der Waals surface area contributed by atoms with Crippen molar-refractivity contribution in [3.63, 3.8) is 0 Å². The molecule has 2 heteroatoms. The van der Waals surface area contributed by atoms with Gasteiger partial charge in [0.05, 0.1) is 5.69 Å². The highest BCUT2D eigenvalue weighted by Crippen LogP contribution is 2.53. The van der Waals surface area contributed by atoms with Crippen LogP contribution in [-0.2, 0) is 5.41 Å². The van der Waals surface area contributed by atoms with Crippen LogP contribution >= 0.6 is 0 Å². The van der Waals surface area contributed by atoms with Crippen molar-refractivity contribution in [2.75, 3.05) is 4.90 Å². The topological polar surface area (TPSA) is 16.4 Å². The van der Waals surface area contributed by atoms with E-state index >= 15 is 0 Å². The Balaban J connectivity index is 1.36. The zero-order valence-corrected chi connectivity index (χ0v) is 24.5. The summed E-state index contributed by atoms with van der Waals surface area (Å²) in [6.45, 7) is 9.23. The molecule has 2 nitrogen and oxygen atoms in total. The summed E-state index contributed by atoms with van der Waals surface area (Å²) in [5, 5.41) is 4.90. The number of para-hydroxylation sites is 2. The van der Waals surface area contributed by atoms with Crippen LogP contribution in [0, 0.1) is 0 Å². The molecule has 0 fully saturated rings. The molecule has 6 aromatic carbocycles. The fourth-order valence-corrected chi connectivity index (χ4v) is 7.07. The first kappa shape index (κ1) is 24.9. The third kappa shape index (κ3) is 3.58. The molecule has 0 saturated carbocycles. The summed E-state index contributed by atoms with van der Waals surface area (Å²) in [4.78, 5) is 2.37. The minimum atomic E-state index is -0.139. The minimum absolute atomic E-state index is 0.139. The second-order valence-corrected chi connectivity index (χ2v) is 12.4. The van der Waals surface area contributed by atoms with Crippen molar-refractivity contribution >= 4 is 49.8 Å². The average Bonchev–Trinajstić information content (AvgIpc) is 3.50. The van der Waals surface area contributed by atoms with Crippen molar-refractivity contribution < 1.29 is 4.42 Å². The SMILES string of the molecule is CC(C)c1ccc(N(c2ccc3c(c2)C(C)(C)c2c-3ccc3ccccc23)c2cccc3c2oc2ccccc23)cc1. The Kier molecular flexibility index (Phi) is 5.40. The van der Waals surface area contributed by atoms with Gasteiger partial charge in [0, 0.05) is 27.6 Å². The van der Waals surface area contributed by atoms with E-state index < -0.39 is 0 Å². The van der Waals surface area contributed by atoms with Crippen LogP contribution in [0.25, 0.3) is 43.8 Å². The molecule has 0 aliphatic heterocycles. The Hall–Kier alpha value is -4.82. The van der Waals surface area contributed by atoms with Gasteiger partial charge in [-0.05, 0) is 80.9 Å². The van der Waals surface area contributed by atoms with E-state index in [4.69, 9.17) is 4.42 Å². The Bertz CT molecular complexity index is 2150. The summed E-state index contributed by atoms with van der Waals surface area (Å²) in [5.74, 6) is 0.473. The van der Waals surface area contributed by atoms with E-state index in [2.05, 4.69) is 148 Å². The molecule has 0 atom stereocenters. The monoisotopic (exact) mass is 543 g/mol. The van der Waals surface area contributed by atoms with Gasteiger partial charge in [0.25, 0.3) is 0 Å². The highest BCUT2D eigenvalue weighted by molar-refractivity contribution is 6.10. The molecule has 7 aromatic rings. The molecule has 1 aromatic heterocycles. The number of rotatable bonds is 4.